The Hall–Kier alpha value is -2.21. The number of hydrogen-bond donors (Lipinski definition) is 0. The fourth-order valence-electron chi connectivity index (χ4n) is 2.87. The van der Waals surface area contributed by atoms with Crippen molar-refractivity contribution in [2.45, 2.75) is 26.4 Å². The first-order valence-electron chi connectivity index (χ1n) is 8.15. The summed E-state index contributed by atoms with van der Waals surface area (Å²) in [5, 5.41) is 0. The molecule has 0 unspecified atom stereocenters. The number of aromatic nitrogens is 2. The van der Waals surface area contributed by atoms with Crippen LogP contribution in [-0.4, -0.2) is 27.4 Å². The molecule has 25 heavy (non-hydrogen) atoms. The van der Waals surface area contributed by atoms with Gasteiger partial charge in [0, 0.05) is 29.7 Å². The summed E-state index contributed by atoms with van der Waals surface area (Å²) < 4.78 is 16.4. The molecule has 0 N–H and O–H groups in total. The average molecular weight is 404 g/mol. The van der Waals surface area contributed by atoms with Crippen molar-refractivity contribution in [3.63, 3.8) is 0 Å². The molecular weight excluding hydrogens is 385 g/mol. The van der Waals surface area contributed by atoms with E-state index in [0.29, 0.717) is 17.6 Å². The molecule has 1 amide bonds. The molecule has 1 heterocycles. The molecule has 3 rings (SSSR count). The number of imidazole rings is 1. The Kier molecular flexibility index (Phi) is 5.18. The van der Waals surface area contributed by atoms with Gasteiger partial charge in [-0.25, -0.2) is 9.37 Å². The molecule has 6 heteroatoms. The molecule has 0 saturated heterocycles. The average Bonchev–Trinajstić information content (AvgIpc) is 2.91. The van der Waals surface area contributed by atoms with Crippen molar-refractivity contribution in [2.75, 3.05) is 7.05 Å². The van der Waals surface area contributed by atoms with Gasteiger partial charge in [-0.3, -0.25) is 4.79 Å². The number of halogens is 2. The highest BCUT2D eigenvalue weighted by molar-refractivity contribution is 9.10. The Bertz CT molecular complexity index is 922. The lowest BCUT2D eigenvalue weighted by atomic mass is 10.2. The third kappa shape index (κ3) is 3.74. The third-order valence-electron chi connectivity index (χ3n) is 4.03. The number of carbonyl (C=O) groups excluding carboxylic acids is 1. The van der Waals surface area contributed by atoms with Crippen molar-refractivity contribution in [3.05, 3.63) is 64.1 Å². The van der Waals surface area contributed by atoms with Gasteiger partial charge < -0.3 is 9.47 Å². The largest absolute Gasteiger partial charge is 0.334 e. The van der Waals surface area contributed by atoms with E-state index in [4.69, 9.17) is 0 Å². The summed E-state index contributed by atoms with van der Waals surface area (Å²) >= 11 is 3.39. The molecule has 0 bridgehead atoms. The summed E-state index contributed by atoms with van der Waals surface area (Å²) in [5.41, 5.74) is 2.12. The van der Waals surface area contributed by atoms with E-state index in [1.54, 1.807) is 30.1 Å². The van der Waals surface area contributed by atoms with Crippen LogP contribution in [0.4, 0.5) is 4.39 Å². The lowest BCUT2D eigenvalue weighted by molar-refractivity contribution is 0.0780. The van der Waals surface area contributed by atoms with E-state index in [1.807, 2.05) is 12.1 Å². The van der Waals surface area contributed by atoms with Gasteiger partial charge in [-0.15, -0.1) is 0 Å². The van der Waals surface area contributed by atoms with Crippen LogP contribution in [0.15, 0.2) is 46.9 Å². The first-order valence-corrected chi connectivity index (χ1v) is 8.94. The fraction of sp³-hybridized carbons (Fsp3) is 0.263. The Morgan fingerprint density at radius 2 is 2.08 bits per heavy atom. The van der Waals surface area contributed by atoms with Gasteiger partial charge in [-0.2, -0.15) is 0 Å². The second-order valence-corrected chi connectivity index (χ2v) is 6.90. The van der Waals surface area contributed by atoms with Gasteiger partial charge in [0.15, 0.2) is 0 Å². The highest BCUT2D eigenvalue weighted by Gasteiger charge is 2.17. The van der Waals surface area contributed by atoms with Gasteiger partial charge in [-0.1, -0.05) is 28.9 Å². The molecule has 0 atom stereocenters. The van der Waals surface area contributed by atoms with E-state index >= 15 is 0 Å². The van der Waals surface area contributed by atoms with Crippen LogP contribution in [0, 0.1) is 5.82 Å². The zero-order valence-electron chi connectivity index (χ0n) is 14.2. The summed E-state index contributed by atoms with van der Waals surface area (Å²) in [6, 6.07) is 11.9. The van der Waals surface area contributed by atoms with E-state index in [0.717, 1.165) is 28.8 Å². The smallest absolute Gasteiger partial charge is 0.254 e. The number of benzene rings is 2. The molecule has 0 spiro atoms. The van der Waals surface area contributed by atoms with Gasteiger partial charge in [0.1, 0.15) is 11.6 Å². The molecule has 0 aliphatic rings. The maximum atomic E-state index is 13.5. The predicted octanol–water partition coefficient (Wildman–Crippen LogP) is 4.62. The van der Waals surface area contributed by atoms with Crippen LogP contribution in [0.25, 0.3) is 11.0 Å². The van der Waals surface area contributed by atoms with Crippen LogP contribution < -0.4 is 0 Å². The molecule has 0 aliphatic heterocycles. The normalized spacial score (nSPS) is 11.0. The Morgan fingerprint density at radius 3 is 2.80 bits per heavy atom. The molecule has 0 fully saturated rings. The number of aryl methyl sites for hydroxylation is 1. The van der Waals surface area contributed by atoms with Gasteiger partial charge >= 0.3 is 0 Å². The number of nitrogens with zero attached hydrogens (tertiary/aromatic N) is 3. The number of amides is 1. The molecule has 0 aliphatic carbocycles. The fourth-order valence-corrected chi connectivity index (χ4v) is 3.27. The second-order valence-electron chi connectivity index (χ2n) is 5.98. The minimum Gasteiger partial charge on any atom is -0.334 e. The molecule has 3 aromatic rings. The van der Waals surface area contributed by atoms with Gasteiger partial charge in [0.05, 0.1) is 17.6 Å². The summed E-state index contributed by atoms with van der Waals surface area (Å²) in [6.45, 7) is 3.22. The summed E-state index contributed by atoms with van der Waals surface area (Å²) in [7, 11) is 1.75. The van der Waals surface area contributed by atoms with Crippen molar-refractivity contribution in [2.24, 2.45) is 0 Å². The molecule has 4 nitrogen and oxygen atoms in total. The van der Waals surface area contributed by atoms with Crippen LogP contribution in [0.1, 0.15) is 29.5 Å². The van der Waals surface area contributed by atoms with Gasteiger partial charge in [-0.05, 0) is 36.8 Å². The molecule has 0 saturated carbocycles. The van der Waals surface area contributed by atoms with Crippen LogP contribution in [0.5, 0.6) is 0 Å². The van der Waals surface area contributed by atoms with Crippen LogP contribution in [0.3, 0.4) is 0 Å². The highest BCUT2D eigenvalue weighted by Crippen LogP contribution is 2.20. The number of fused-ring (bicyclic) bond motifs is 1. The minimum atomic E-state index is -0.307. The molecule has 0 radical (unpaired) electrons. The number of carbonyl (C=O) groups is 1. The highest BCUT2D eigenvalue weighted by atomic mass is 79.9. The maximum absolute atomic E-state index is 13.5. The van der Waals surface area contributed by atoms with Crippen LogP contribution in [-0.2, 0) is 13.1 Å². The molecule has 130 valence electrons. The van der Waals surface area contributed by atoms with Crippen molar-refractivity contribution in [3.8, 4) is 0 Å². The Balaban J connectivity index is 1.91. The summed E-state index contributed by atoms with van der Waals surface area (Å²) in [4.78, 5) is 18.8. The first kappa shape index (κ1) is 17.6. The van der Waals surface area contributed by atoms with Crippen molar-refractivity contribution < 1.29 is 9.18 Å². The van der Waals surface area contributed by atoms with Crippen LogP contribution in [0.2, 0.25) is 0 Å². The zero-order chi connectivity index (χ0) is 18.0. The topological polar surface area (TPSA) is 38.1 Å². The van der Waals surface area contributed by atoms with E-state index in [1.165, 1.54) is 12.1 Å². The predicted molar refractivity (Wildman–Crippen MR) is 99.9 cm³/mol. The monoisotopic (exact) mass is 403 g/mol. The van der Waals surface area contributed by atoms with E-state index in [2.05, 4.69) is 32.4 Å². The van der Waals surface area contributed by atoms with Crippen molar-refractivity contribution in [1.82, 2.24) is 14.5 Å². The lowest BCUT2D eigenvalue weighted by Gasteiger charge is -2.18. The van der Waals surface area contributed by atoms with E-state index < -0.39 is 0 Å². The third-order valence-corrected chi connectivity index (χ3v) is 4.53. The Labute approximate surface area is 154 Å². The SMILES string of the molecule is CCCn1c(CN(C)C(=O)c2cccc(Br)c2)nc2cc(F)ccc21. The van der Waals surface area contributed by atoms with Crippen molar-refractivity contribution >= 4 is 32.9 Å². The summed E-state index contributed by atoms with van der Waals surface area (Å²) in [5.74, 6) is 0.370. The summed E-state index contributed by atoms with van der Waals surface area (Å²) in [6.07, 6.45) is 0.930. The number of hydrogen-bond acceptors (Lipinski definition) is 2. The second kappa shape index (κ2) is 7.35. The van der Waals surface area contributed by atoms with E-state index in [-0.39, 0.29) is 11.7 Å². The number of rotatable bonds is 5. The Morgan fingerprint density at radius 1 is 1.28 bits per heavy atom. The molecule has 1 aromatic heterocycles. The van der Waals surface area contributed by atoms with Gasteiger partial charge in [0.2, 0.25) is 0 Å². The standard InChI is InChI=1S/C19H19BrFN3O/c1-3-9-24-17-8-7-15(21)11-16(17)22-18(24)12-23(2)19(25)13-5-4-6-14(20)10-13/h4-8,10-11H,3,9,12H2,1-2H3. The van der Waals surface area contributed by atoms with Gasteiger partial charge in [0.25, 0.3) is 5.91 Å². The minimum absolute atomic E-state index is 0.0809. The lowest BCUT2D eigenvalue weighted by Crippen LogP contribution is -2.27. The zero-order valence-corrected chi connectivity index (χ0v) is 15.8. The molecular formula is C19H19BrFN3O. The quantitative estimate of drug-likeness (QED) is 0.623. The first-order chi connectivity index (χ1) is 12.0. The van der Waals surface area contributed by atoms with Crippen LogP contribution >= 0.6 is 15.9 Å². The maximum Gasteiger partial charge on any atom is 0.254 e. The van der Waals surface area contributed by atoms with E-state index in [9.17, 15) is 9.18 Å². The molecule has 2 aromatic carbocycles. The van der Waals surface area contributed by atoms with Crippen molar-refractivity contribution in [1.29, 1.82) is 0 Å².